The van der Waals surface area contributed by atoms with Gasteiger partial charge in [0.2, 0.25) is 0 Å². The fourth-order valence-corrected chi connectivity index (χ4v) is 3.22. The topological polar surface area (TPSA) is 23.5 Å². The maximum atomic E-state index is 10.2. The normalized spacial score (nSPS) is 19.5. The predicted octanol–water partition coefficient (Wildman–Crippen LogP) is 3.99. The van der Waals surface area contributed by atoms with Crippen molar-refractivity contribution in [3.63, 3.8) is 0 Å². The molecule has 19 heavy (non-hydrogen) atoms. The Hall–Kier alpha value is -0.380. The first-order valence-corrected chi connectivity index (χ1v) is 8.14. The summed E-state index contributed by atoms with van der Waals surface area (Å²) in [4.78, 5) is 2.49. The maximum Gasteiger partial charge on any atom is 0.0802 e. The van der Waals surface area contributed by atoms with Crippen molar-refractivity contribution in [3.05, 3.63) is 34.3 Å². The molecule has 1 aliphatic heterocycles. The van der Waals surface area contributed by atoms with E-state index in [2.05, 4.69) is 27.8 Å². The Balaban J connectivity index is 1.76. The number of piperidine rings is 1. The first-order chi connectivity index (χ1) is 9.19. The van der Waals surface area contributed by atoms with Gasteiger partial charge in [0, 0.05) is 11.0 Å². The number of nitrogens with zero attached hydrogens (tertiary/aromatic N) is 1. The highest BCUT2D eigenvalue weighted by Crippen LogP contribution is 2.23. The molecule has 1 fully saturated rings. The van der Waals surface area contributed by atoms with Gasteiger partial charge in [-0.3, -0.25) is 0 Å². The molecule has 0 amide bonds. The maximum absolute atomic E-state index is 10.2. The lowest BCUT2D eigenvalue weighted by Gasteiger charge is -2.31. The molecule has 0 spiro atoms. The molecule has 0 radical (unpaired) electrons. The predicted molar refractivity (Wildman–Crippen MR) is 83.2 cm³/mol. The Labute approximate surface area is 124 Å². The third kappa shape index (κ3) is 4.59. The van der Waals surface area contributed by atoms with Crippen LogP contribution in [-0.2, 0) is 0 Å². The standard InChI is InChI=1S/C16H24BrNO/c1-2-13-6-9-18(10-7-13)11-8-16(19)14-4-3-5-15(17)12-14/h3-5,12-13,16,19H,2,6-11H2,1H3. The minimum absolute atomic E-state index is 0.346. The number of aliphatic hydroxyl groups excluding tert-OH is 1. The van der Waals surface area contributed by atoms with Gasteiger partial charge in [0.05, 0.1) is 6.10 Å². The van der Waals surface area contributed by atoms with Crippen molar-refractivity contribution in [2.45, 2.75) is 38.7 Å². The Kier molecular flexibility index (Phi) is 5.86. The monoisotopic (exact) mass is 325 g/mol. The quantitative estimate of drug-likeness (QED) is 0.884. The Morgan fingerprint density at radius 1 is 1.37 bits per heavy atom. The van der Waals surface area contributed by atoms with Crippen LogP contribution >= 0.6 is 15.9 Å². The third-order valence-corrected chi connectivity index (χ3v) is 4.73. The number of hydrogen-bond acceptors (Lipinski definition) is 2. The highest BCUT2D eigenvalue weighted by Gasteiger charge is 2.18. The summed E-state index contributed by atoms with van der Waals surface area (Å²) in [7, 11) is 0. The summed E-state index contributed by atoms with van der Waals surface area (Å²) in [5.41, 5.74) is 1.01. The molecule has 1 unspecified atom stereocenters. The third-order valence-electron chi connectivity index (χ3n) is 4.24. The van der Waals surface area contributed by atoms with Gasteiger partial charge >= 0.3 is 0 Å². The van der Waals surface area contributed by atoms with Crippen LogP contribution in [0.5, 0.6) is 0 Å². The molecule has 1 N–H and O–H groups in total. The van der Waals surface area contributed by atoms with Gasteiger partial charge in [0.1, 0.15) is 0 Å². The number of benzene rings is 1. The molecule has 0 aliphatic carbocycles. The lowest BCUT2D eigenvalue weighted by molar-refractivity contribution is 0.122. The van der Waals surface area contributed by atoms with Gasteiger partial charge in [-0.25, -0.2) is 0 Å². The van der Waals surface area contributed by atoms with Crippen LogP contribution in [0.15, 0.2) is 28.7 Å². The Morgan fingerprint density at radius 3 is 2.74 bits per heavy atom. The zero-order chi connectivity index (χ0) is 13.7. The fourth-order valence-electron chi connectivity index (χ4n) is 2.80. The number of hydrogen-bond donors (Lipinski definition) is 1. The summed E-state index contributed by atoms with van der Waals surface area (Å²) in [6, 6.07) is 7.98. The van der Waals surface area contributed by atoms with E-state index in [1.807, 2.05) is 24.3 Å². The number of aliphatic hydroxyl groups is 1. The molecule has 1 aromatic carbocycles. The first kappa shape index (κ1) is 15.0. The minimum Gasteiger partial charge on any atom is -0.388 e. The zero-order valence-electron chi connectivity index (χ0n) is 11.7. The molecule has 1 atom stereocenters. The van der Waals surface area contributed by atoms with Crippen molar-refractivity contribution < 1.29 is 5.11 Å². The van der Waals surface area contributed by atoms with Gasteiger partial charge in [-0.15, -0.1) is 0 Å². The van der Waals surface area contributed by atoms with Crippen molar-refractivity contribution in [3.8, 4) is 0 Å². The van der Waals surface area contributed by atoms with Crippen LogP contribution in [0.3, 0.4) is 0 Å². The van der Waals surface area contributed by atoms with Crippen molar-refractivity contribution in [1.82, 2.24) is 4.90 Å². The number of rotatable bonds is 5. The number of halogens is 1. The van der Waals surface area contributed by atoms with Gasteiger partial charge in [-0.1, -0.05) is 41.4 Å². The summed E-state index contributed by atoms with van der Waals surface area (Å²) in [6.07, 6.45) is 4.44. The molecule has 0 saturated carbocycles. The van der Waals surface area contributed by atoms with Crippen molar-refractivity contribution in [2.75, 3.05) is 19.6 Å². The zero-order valence-corrected chi connectivity index (χ0v) is 13.3. The lowest BCUT2D eigenvalue weighted by Crippen LogP contribution is -2.34. The molecule has 106 valence electrons. The average molecular weight is 326 g/mol. The van der Waals surface area contributed by atoms with Crippen LogP contribution in [0.25, 0.3) is 0 Å². The second-order valence-corrected chi connectivity index (χ2v) is 6.47. The molecule has 0 aromatic heterocycles. The van der Waals surface area contributed by atoms with E-state index in [0.29, 0.717) is 0 Å². The van der Waals surface area contributed by atoms with E-state index in [9.17, 15) is 5.11 Å². The summed E-state index contributed by atoms with van der Waals surface area (Å²) in [5, 5.41) is 10.2. The van der Waals surface area contributed by atoms with Crippen LogP contribution in [0.1, 0.15) is 44.3 Å². The van der Waals surface area contributed by atoms with Gasteiger partial charge in [0.25, 0.3) is 0 Å². The molecule has 2 nitrogen and oxygen atoms in total. The van der Waals surface area contributed by atoms with Crippen molar-refractivity contribution in [2.24, 2.45) is 5.92 Å². The summed E-state index contributed by atoms with van der Waals surface area (Å²) in [6.45, 7) is 5.69. The van der Waals surface area contributed by atoms with E-state index in [0.717, 1.165) is 28.9 Å². The molecule has 3 heteroatoms. The minimum atomic E-state index is -0.346. The van der Waals surface area contributed by atoms with Gasteiger partial charge in [-0.2, -0.15) is 0 Å². The van der Waals surface area contributed by atoms with Crippen LogP contribution in [0, 0.1) is 5.92 Å². The smallest absolute Gasteiger partial charge is 0.0802 e. The number of likely N-dealkylation sites (tertiary alicyclic amines) is 1. The van der Waals surface area contributed by atoms with E-state index in [1.54, 1.807) is 0 Å². The van der Waals surface area contributed by atoms with Crippen molar-refractivity contribution >= 4 is 15.9 Å². The molecule has 1 heterocycles. The molecule has 1 aromatic rings. The van der Waals surface area contributed by atoms with Crippen LogP contribution in [0.4, 0.5) is 0 Å². The molecular weight excluding hydrogens is 302 g/mol. The van der Waals surface area contributed by atoms with Gasteiger partial charge in [0.15, 0.2) is 0 Å². The second-order valence-electron chi connectivity index (χ2n) is 5.55. The fraction of sp³-hybridized carbons (Fsp3) is 0.625. The summed E-state index contributed by atoms with van der Waals surface area (Å²) >= 11 is 3.45. The molecule has 1 saturated heterocycles. The molecule has 1 aliphatic rings. The molecule has 2 rings (SSSR count). The highest BCUT2D eigenvalue weighted by atomic mass is 79.9. The average Bonchev–Trinajstić information content (AvgIpc) is 2.45. The largest absolute Gasteiger partial charge is 0.388 e. The van der Waals surface area contributed by atoms with Crippen LogP contribution in [-0.4, -0.2) is 29.6 Å². The van der Waals surface area contributed by atoms with E-state index in [1.165, 1.54) is 32.4 Å². The van der Waals surface area contributed by atoms with Crippen LogP contribution in [0.2, 0.25) is 0 Å². The Bertz CT molecular complexity index is 388. The van der Waals surface area contributed by atoms with E-state index >= 15 is 0 Å². The van der Waals surface area contributed by atoms with Gasteiger partial charge < -0.3 is 10.0 Å². The van der Waals surface area contributed by atoms with E-state index < -0.39 is 0 Å². The van der Waals surface area contributed by atoms with E-state index in [4.69, 9.17) is 0 Å². The molecular formula is C16H24BrNO. The van der Waals surface area contributed by atoms with E-state index in [-0.39, 0.29) is 6.10 Å². The first-order valence-electron chi connectivity index (χ1n) is 7.35. The molecule has 0 bridgehead atoms. The summed E-state index contributed by atoms with van der Waals surface area (Å²) in [5.74, 6) is 0.922. The second kappa shape index (κ2) is 7.41. The lowest BCUT2D eigenvalue weighted by atomic mass is 9.94. The highest BCUT2D eigenvalue weighted by molar-refractivity contribution is 9.10. The SMILES string of the molecule is CCC1CCN(CCC(O)c2cccc(Br)c2)CC1. The van der Waals surface area contributed by atoms with Crippen molar-refractivity contribution in [1.29, 1.82) is 0 Å². The van der Waals surface area contributed by atoms with Crippen LogP contribution < -0.4 is 0 Å². The van der Waals surface area contributed by atoms with Gasteiger partial charge in [-0.05, 0) is 56.0 Å². The Morgan fingerprint density at radius 2 is 2.11 bits per heavy atom. The summed E-state index contributed by atoms with van der Waals surface area (Å²) < 4.78 is 1.04.